The molecule has 0 unspecified atom stereocenters. The Balaban J connectivity index is 4.35. The third-order valence-electron chi connectivity index (χ3n) is 1.42. The maximum absolute atomic E-state index is 10.4. The molecule has 0 aliphatic rings. The molecular formula is C10H13BO. The molecule has 62 valence electrons. The molecule has 0 amide bonds. The zero-order valence-corrected chi connectivity index (χ0v) is 7.58. The summed E-state index contributed by atoms with van der Waals surface area (Å²) in [5.74, 6) is 0. The molecule has 0 rings (SSSR count). The molecule has 0 fully saturated rings. The fourth-order valence-electron chi connectivity index (χ4n) is 0.707. The SMILES string of the molecule is [B]C(=C/C=C/CC)/C(C=O)=C\C. The van der Waals surface area contributed by atoms with Crippen LogP contribution in [0, 0.1) is 0 Å². The normalized spacial score (nSPS) is 13.8. The van der Waals surface area contributed by atoms with Crippen LogP contribution in [0.5, 0.6) is 0 Å². The van der Waals surface area contributed by atoms with E-state index in [4.69, 9.17) is 7.85 Å². The van der Waals surface area contributed by atoms with E-state index in [1.807, 2.05) is 19.1 Å². The highest BCUT2D eigenvalue weighted by Gasteiger charge is 1.92. The van der Waals surface area contributed by atoms with E-state index in [1.165, 1.54) is 0 Å². The largest absolute Gasteiger partial charge is 0.298 e. The van der Waals surface area contributed by atoms with E-state index in [2.05, 4.69) is 0 Å². The average Bonchev–Trinajstić information content (AvgIpc) is 2.07. The van der Waals surface area contributed by atoms with Crippen molar-refractivity contribution in [1.29, 1.82) is 0 Å². The lowest BCUT2D eigenvalue weighted by Crippen LogP contribution is -1.89. The smallest absolute Gasteiger partial charge is 0.149 e. The van der Waals surface area contributed by atoms with E-state index >= 15 is 0 Å². The van der Waals surface area contributed by atoms with E-state index in [-0.39, 0.29) is 0 Å². The van der Waals surface area contributed by atoms with Crippen molar-refractivity contribution in [3.63, 3.8) is 0 Å². The van der Waals surface area contributed by atoms with Gasteiger partial charge in [-0.25, -0.2) is 0 Å². The number of carbonyl (C=O) groups excluding carboxylic acids is 1. The van der Waals surface area contributed by atoms with Crippen molar-refractivity contribution in [2.24, 2.45) is 0 Å². The summed E-state index contributed by atoms with van der Waals surface area (Å²) in [6, 6.07) is 0. The van der Waals surface area contributed by atoms with E-state index < -0.39 is 0 Å². The third-order valence-corrected chi connectivity index (χ3v) is 1.42. The molecule has 2 heteroatoms. The molecule has 0 atom stereocenters. The molecule has 0 saturated carbocycles. The Labute approximate surface area is 75.3 Å². The number of hydrogen-bond acceptors (Lipinski definition) is 1. The van der Waals surface area contributed by atoms with Crippen LogP contribution >= 0.6 is 0 Å². The van der Waals surface area contributed by atoms with Crippen LogP contribution in [0.15, 0.2) is 35.3 Å². The Morgan fingerprint density at radius 3 is 2.58 bits per heavy atom. The average molecular weight is 160 g/mol. The highest BCUT2D eigenvalue weighted by Crippen LogP contribution is 2.02. The molecule has 0 aliphatic heterocycles. The highest BCUT2D eigenvalue weighted by atomic mass is 16.1. The summed E-state index contributed by atoms with van der Waals surface area (Å²) in [5, 5.41) is 0. The van der Waals surface area contributed by atoms with Gasteiger partial charge in [0.25, 0.3) is 0 Å². The van der Waals surface area contributed by atoms with E-state index in [9.17, 15) is 4.79 Å². The Bertz CT molecular complexity index is 224. The van der Waals surface area contributed by atoms with Crippen molar-refractivity contribution < 1.29 is 4.79 Å². The van der Waals surface area contributed by atoms with Crippen LogP contribution in [0.1, 0.15) is 20.3 Å². The summed E-state index contributed by atoms with van der Waals surface area (Å²) < 4.78 is 0. The van der Waals surface area contributed by atoms with Gasteiger partial charge < -0.3 is 0 Å². The fraction of sp³-hybridized carbons (Fsp3) is 0.300. The molecule has 0 spiro atoms. The first-order valence-corrected chi connectivity index (χ1v) is 4.00. The summed E-state index contributed by atoms with van der Waals surface area (Å²) in [5.41, 5.74) is 1.05. The number of rotatable bonds is 4. The first-order chi connectivity index (χ1) is 5.76. The predicted molar refractivity (Wildman–Crippen MR) is 53.1 cm³/mol. The lowest BCUT2D eigenvalue weighted by Gasteiger charge is -1.95. The van der Waals surface area contributed by atoms with Gasteiger partial charge in [0, 0.05) is 5.57 Å². The van der Waals surface area contributed by atoms with Crippen LogP contribution in [-0.4, -0.2) is 14.1 Å². The van der Waals surface area contributed by atoms with Gasteiger partial charge in [0.2, 0.25) is 0 Å². The lowest BCUT2D eigenvalue weighted by atomic mass is 9.88. The summed E-state index contributed by atoms with van der Waals surface area (Å²) in [6.45, 7) is 3.82. The van der Waals surface area contributed by atoms with Crippen molar-refractivity contribution in [3.8, 4) is 0 Å². The first-order valence-electron chi connectivity index (χ1n) is 4.00. The minimum Gasteiger partial charge on any atom is -0.298 e. The number of aldehydes is 1. The molecule has 0 aliphatic carbocycles. The zero-order chi connectivity index (χ0) is 9.40. The molecule has 12 heavy (non-hydrogen) atoms. The number of allylic oxidation sites excluding steroid dienone is 6. The first kappa shape index (κ1) is 11.0. The Hall–Kier alpha value is -1.05. The van der Waals surface area contributed by atoms with Crippen molar-refractivity contribution in [2.45, 2.75) is 20.3 Å². The quantitative estimate of drug-likeness (QED) is 0.266. The van der Waals surface area contributed by atoms with Crippen LogP contribution in [0.4, 0.5) is 0 Å². The van der Waals surface area contributed by atoms with E-state index in [1.54, 1.807) is 19.1 Å². The van der Waals surface area contributed by atoms with Crippen molar-refractivity contribution in [2.75, 3.05) is 0 Å². The van der Waals surface area contributed by atoms with Crippen LogP contribution in [0.2, 0.25) is 0 Å². The Kier molecular flexibility index (Phi) is 6.07. The van der Waals surface area contributed by atoms with Gasteiger partial charge in [-0.3, -0.25) is 4.79 Å². The van der Waals surface area contributed by atoms with Gasteiger partial charge in [0.1, 0.15) is 14.1 Å². The second-order valence-corrected chi connectivity index (χ2v) is 2.32. The maximum atomic E-state index is 10.4. The van der Waals surface area contributed by atoms with Crippen LogP contribution in [0.3, 0.4) is 0 Å². The van der Waals surface area contributed by atoms with Gasteiger partial charge in [-0.15, -0.1) is 0 Å². The Morgan fingerprint density at radius 2 is 2.17 bits per heavy atom. The minimum atomic E-state index is 0.511. The molecule has 0 N–H and O–H groups in total. The van der Waals surface area contributed by atoms with Gasteiger partial charge in [0.15, 0.2) is 0 Å². The van der Waals surface area contributed by atoms with Gasteiger partial charge in [0.05, 0.1) is 0 Å². The maximum Gasteiger partial charge on any atom is 0.149 e. The highest BCUT2D eigenvalue weighted by molar-refractivity contribution is 6.27. The minimum absolute atomic E-state index is 0.511. The van der Waals surface area contributed by atoms with Gasteiger partial charge in [-0.05, 0) is 13.3 Å². The zero-order valence-electron chi connectivity index (χ0n) is 7.58. The topological polar surface area (TPSA) is 17.1 Å². The van der Waals surface area contributed by atoms with Crippen molar-refractivity contribution >= 4 is 14.1 Å². The van der Waals surface area contributed by atoms with Crippen LogP contribution in [0.25, 0.3) is 0 Å². The second-order valence-electron chi connectivity index (χ2n) is 2.32. The molecule has 2 radical (unpaired) electrons. The third kappa shape index (κ3) is 3.96. The van der Waals surface area contributed by atoms with Gasteiger partial charge in [-0.1, -0.05) is 36.7 Å². The van der Waals surface area contributed by atoms with Crippen LogP contribution in [-0.2, 0) is 4.79 Å². The van der Waals surface area contributed by atoms with Gasteiger partial charge >= 0.3 is 0 Å². The standard InChI is InChI=1S/C10H13BO/c1-3-5-6-7-10(11)9(4-2)8-12/h4-8H,3H2,1-2H3/b6-5+,9-4-,10-7+. The molecular weight excluding hydrogens is 147 g/mol. The summed E-state index contributed by atoms with van der Waals surface area (Å²) in [6.07, 6.45) is 8.97. The number of carbonyl (C=O) groups is 1. The van der Waals surface area contributed by atoms with Crippen LogP contribution < -0.4 is 0 Å². The monoisotopic (exact) mass is 160 g/mol. The summed E-state index contributed by atoms with van der Waals surface area (Å²) in [4.78, 5) is 10.4. The molecule has 0 saturated heterocycles. The van der Waals surface area contributed by atoms with Crippen molar-refractivity contribution in [3.05, 3.63) is 35.3 Å². The lowest BCUT2D eigenvalue weighted by molar-refractivity contribution is -0.104. The van der Waals surface area contributed by atoms with E-state index in [0.29, 0.717) is 11.0 Å². The molecule has 0 aromatic rings. The fourth-order valence-corrected chi connectivity index (χ4v) is 0.707. The van der Waals surface area contributed by atoms with Gasteiger partial charge in [-0.2, -0.15) is 0 Å². The molecule has 0 aromatic heterocycles. The number of hydrogen-bond donors (Lipinski definition) is 0. The Morgan fingerprint density at radius 1 is 1.50 bits per heavy atom. The summed E-state index contributed by atoms with van der Waals surface area (Å²) >= 11 is 0. The molecule has 0 aromatic carbocycles. The molecule has 0 heterocycles. The second kappa shape index (κ2) is 6.65. The molecule has 1 nitrogen and oxygen atoms in total. The van der Waals surface area contributed by atoms with E-state index in [0.717, 1.165) is 12.7 Å². The molecule has 0 bridgehead atoms. The summed E-state index contributed by atoms with van der Waals surface area (Å²) in [7, 11) is 5.59. The predicted octanol–water partition coefficient (Wildman–Crippen LogP) is 2.15. The van der Waals surface area contributed by atoms with Crippen molar-refractivity contribution in [1.82, 2.24) is 0 Å².